The first-order chi connectivity index (χ1) is 7.14. The van der Waals surface area contributed by atoms with Crippen molar-refractivity contribution in [2.75, 3.05) is 13.6 Å². The maximum atomic E-state index is 12.2. The fourth-order valence-electron chi connectivity index (χ4n) is 1.52. The van der Waals surface area contributed by atoms with Crippen LogP contribution in [0, 0.1) is 12.3 Å². The van der Waals surface area contributed by atoms with E-state index in [9.17, 15) is 8.42 Å². The average molecular weight is 245 g/mol. The van der Waals surface area contributed by atoms with Crippen LogP contribution in [-0.4, -0.2) is 36.5 Å². The van der Waals surface area contributed by atoms with Gasteiger partial charge in [-0.3, -0.25) is 5.10 Å². The Morgan fingerprint density at radius 2 is 2.00 bits per heavy atom. The van der Waals surface area contributed by atoms with Crippen molar-refractivity contribution in [2.24, 2.45) is 5.41 Å². The third kappa shape index (κ3) is 2.82. The molecule has 0 aliphatic carbocycles. The summed E-state index contributed by atoms with van der Waals surface area (Å²) in [6.45, 7) is 8.18. The molecule has 0 bridgehead atoms. The summed E-state index contributed by atoms with van der Waals surface area (Å²) in [6, 6.07) is 0. The first-order valence-corrected chi connectivity index (χ1v) is 6.55. The van der Waals surface area contributed by atoms with E-state index in [0.717, 1.165) is 0 Å². The lowest BCUT2D eigenvalue weighted by Crippen LogP contribution is -2.34. The molecule has 1 N–H and O–H groups in total. The van der Waals surface area contributed by atoms with Gasteiger partial charge in [0.1, 0.15) is 4.90 Å². The summed E-state index contributed by atoms with van der Waals surface area (Å²) in [7, 11) is -1.83. The molecule has 5 nitrogen and oxygen atoms in total. The molecule has 1 aromatic rings. The number of aromatic amines is 1. The van der Waals surface area contributed by atoms with Gasteiger partial charge in [0, 0.05) is 13.6 Å². The number of nitrogens with zero attached hydrogens (tertiary/aromatic N) is 2. The van der Waals surface area contributed by atoms with Crippen LogP contribution >= 0.6 is 0 Å². The minimum atomic E-state index is -3.42. The first-order valence-electron chi connectivity index (χ1n) is 5.11. The lowest BCUT2D eigenvalue weighted by Gasteiger charge is -2.25. The third-order valence-electron chi connectivity index (χ3n) is 2.17. The molecule has 0 saturated carbocycles. The average Bonchev–Trinajstić information content (AvgIpc) is 2.48. The maximum absolute atomic E-state index is 12.2. The Bertz CT molecular complexity index is 457. The van der Waals surface area contributed by atoms with Crippen molar-refractivity contribution in [3.8, 4) is 0 Å². The summed E-state index contributed by atoms with van der Waals surface area (Å²) in [5, 5.41) is 6.37. The van der Waals surface area contributed by atoms with Gasteiger partial charge in [0.05, 0.1) is 11.9 Å². The van der Waals surface area contributed by atoms with E-state index in [1.807, 2.05) is 20.8 Å². The molecule has 1 rings (SSSR count). The molecule has 0 radical (unpaired) electrons. The van der Waals surface area contributed by atoms with E-state index in [2.05, 4.69) is 10.2 Å². The van der Waals surface area contributed by atoms with Crippen LogP contribution in [0.4, 0.5) is 0 Å². The second-order valence-corrected chi connectivity index (χ2v) is 7.19. The van der Waals surface area contributed by atoms with Crippen molar-refractivity contribution in [3.05, 3.63) is 11.9 Å². The highest BCUT2D eigenvalue weighted by molar-refractivity contribution is 7.89. The van der Waals surface area contributed by atoms with Crippen LogP contribution in [0.25, 0.3) is 0 Å². The molecule has 0 aliphatic rings. The van der Waals surface area contributed by atoms with E-state index < -0.39 is 10.0 Å². The molecule has 0 amide bonds. The van der Waals surface area contributed by atoms with Gasteiger partial charge in [0.25, 0.3) is 0 Å². The Balaban J connectivity index is 3.00. The van der Waals surface area contributed by atoms with E-state index in [0.29, 0.717) is 12.2 Å². The molecular weight excluding hydrogens is 226 g/mol. The van der Waals surface area contributed by atoms with Gasteiger partial charge in [-0.15, -0.1) is 0 Å². The molecule has 0 unspecified atom stereocenters. The molecule has 0 spiro atoms. The summed E-state index contributed by atoms with van der Waals surface area (Å²) in [6.07, 6.45) is 1.35. The number of sulfonamides is 1. The number of H-pyrrole nitrogens is 1. The number of rotatable bonds is 3. The molecule has 16 heavy (non-hydrogen) atoms. The number of nitrogens with one attached hydrogen (secondary N) is 1. The van der Waals surface area contributed by atoms with Crippen LogP contribution in [0.15, 0.2) is 11.1 Å². The van der Waals surface area contributed by atoms with Gasteiger partial charge in [0.15, 0.2) is 0 Å². The number of hydrogen-bond acceptors (Lipinski definition) is 3. The second-order valence-electron chi connectivity index (χ2n) is 5.18. The van der Waals surface area contributed by atoms with E-state index in [1.54, 1.807) is 14.0 Å². The van der Waals surface area contributed by atoms with Gasteiger partial charge < -0.3 is 0 Å². The Morgan fingerprint density at radius 1 is 1.44 bits per heavy atom. The van der Waals surface area contributed by atoms with Crippen molar-refractivity contribution in [1.82, 2.24) is 14.5 Å². The molecular formula is C10H19N3O2S. The Labute approximate surface area is 96.9 Å². The van der Waals surface area contributed by atoms with Gasteiger partial charge >= 0.3 is 0 Å². The summed E-state index contributed by atoms with van der Waals surface area (Å²) in [4.78, 5) is 0.249. The molecule has 92 valence electrons. The highest BCUT2D eigenvalue weighted by Gasteiger charge is 2.27. The first kappa shape index (κ1) is 13.2. The van der Waals surface area contributed by atoms with Crippen molar-refractivity contribution in [2.45, 2.75) is 32.6 Å². The molecule has 0 aliphatic heterocycles. The summed E-state index contributed by atoms with van der Waals surface area (Å²) >= 11 is 0. The molecule has 0 saturated heterocycles. The Morgan fingerprint density at radius 3 is 2.38 bits per heavy atom. The van der Waals surface area contributed by atoms with Crippen LogP contribution in [-0.2, 0) is 10.0 Å². The van der Waals surface area contributed by atoms with Crippen LogP contribution < -0.4 is 0 Å². The fourth-order valence-corrected chi connectivity index (χ4v) is 3.03. The molecule has 0 atom stereocenters. The van der Waals surface area contributed by atoms with Crippen LogP contribution in [0.5, 0.6) is 0 Å². The van der Waals surface area contributed by atoms with Gasteiger partial charge in [-0.2, -0.15) is 5.10 Å². The van der Waals surface area contributed by atoms with Crippen molar-refractivity contribution < 1.29 is 8.42 Å². The zero-order chi connectivity index (χ0) is 12.6. The lowest BCUT2D eigenvalue weighted by molar-refractivity contribution is 0.310. The summed E-state index contributed by atoms with van der Waals surface area (Å²) in [5.41, 5.74) is 0.500. The molecule has 1 aromatic heterocycles. The van der Waals surface area contributed by atoms with Crippen LogP contribution in [0.1, 0.15) is 26.5 Å². The highest BCUT2D eigenvalue weighted by Crippen LogP contribution is 2.21. The fraction of sp³-hybridized carbons (Fsp3) is 0.700. The number of aromatic nitrogens is 2. The second kappa shape index (κ2) is 4.18. The van der Waals surface area contributed by atoms with Gasteiger partial charge in [-0.25, -0.2) is 12.7 Å². The minimum absolute atomic E-state index is 0.0700. The molecule has 6 heteroatoms. The zero-order valence-electron chi connectivity index (χ0n) is 10.4. The minimum Gasteiger partial charge on any atom is -0.281 e. The molecule has 0 fully saturated rings. The summed E-state index contributed by atoms with van der Waals surface area (Å²) < 4.78 is 25.7. The molecule has 1 heterocycles. The number of hydrogen-bond donors (Lipinski definition) is 1. The third-order valence-corrected chi connectivity index (χ3v) is 4.09. The van der Waals surface area contributed by atoms with E-state index in [1.165, 1.54) is 10.5 Å². The highest BCUT2D eigenvalue weighted by atomic mass is 32.2. The Hall–Kier alpha value is -0.880. The van der Waals surface area contributed by atoms with E-state index >= 15 is 0 Å². The monoisotopic (exact) mass is 245 g/mol. The zero-order valence-corrected chi connectivity index (χ0v) is 11.2. The smallest absolute Gasteiger partial charge is 0.246 e. The largest absolute Gasteiger partial charge is 0.281 e. The Kier molecular flexibility index (Phi) is 3.44. The van der Waals surface area contributed by atoms with Crippen molar-refractivity contribution in [3.63, 3.8) is 0 Å². The quantitative estimate of drug-likeness (QED) is 0.875. The number of aryl methyl sites for hydroxylation is 1. The van der Waals surface area contributed by atoms with Gasteiger partial charge in [0.2, 0.25) is 10.0 Å². The maximum Gasteiger partial charge on any atom is 0.246 e. The summed E-state index contributed by atoms with van der Waals surface area (Å²) in [5.74, 6) is 0. The molecule has 0 aromatic carbocycles. The normalized spacial score (nSPS) is 13.4. The van der Waals surface area contributed by atoms with E-state index in [4.69, 9.17) is 0 Å². The van der Waals surface area contributed by atoms with Gasteiger partial charge in [-0.05, 0) is 12.3 Å². The van der Waals surface area contributed by atoms with Crippen molar-refractivity contribution in [1.29, 1.82) is 0 Å². The standard InChI is InChI=1S/C10H19N3O2S/c1-8-9(6-11-12-8)16(14,15)13(5)7-10(2,3)4/h6H,7H2,1-5H3,(H,11,12). The SMILES string of the molecule is Cc1[nH]ncc1S(=O)(=O)N(C)CC(C)(C)C. The lowest BCUT2D eigenvalue weighted by atomic mass is 9.97. The van der Waals surface area contributed by atoms with Crippen molar-refractivity contribution >= 4 is 10.0 Å². The van der Waals surface area contributed by atoms with Crippen LogP contribution in [0.2, 0.25) is 0 Å². The topological polar surface area (TPSA) is 66.1 Å². The van der Waals surface area contributed by atoms with Crippen LogP contribution in [0.3, 0.4) is 0 Å². The predicted molar refractivity (Wildman–Crippen MR) is 62.6 cm³/mol. The van der Waals surface area contributed by atoms with Gasteiger partial charge in [-0.1, -0.05) is 20.8 Å². The predicted octanol–water partition coefficient (Wildman–Crippen LogP) is 1.38. The van der Waals surface area contributed by atoms with E-state index in [-0.39, 0.29) is 10.3 Å².